The van der Waals surface area contributed by atoms with Crippen molar-refractivity contribution in [1.82, 2.24) is 10.2 Å². The standard InChI is InChI=1S/C22H27N5O2/c23-14-17(22(28)29-15-16-6-2-1-3-7-16)20-21(27-12-10-24-11-13-27)26-19-9-5-4-8-18(19)25-20/h4-5,8-9,16,24-25H,1-3,6-7,10-13,15H2/b20-17-. The lowest BCUT2D eigenvalue weighted by Gasteiger charge is -2.34. The summed E-state index contributed by atoms with van der Waals surface area (Å²) in [4.78, 5) is 19.7. The van der Waals surface area contributed by atoms with E-state index in [0.717, 1.165) is 50.4 Å². The van der Waals surface area contributed by atoms with Gasteiger partial charge in [-0.1, -0.05) is 31.4 Å². The quantitative estimate of drug-likeness (QED) is 0.466. The summed E-state index contributed by atoms with van der Waals surface area (Å²) < 4.78 is 5.57. The molecule has 7 nitrogen and oxygen atoms in total. The van der Waals surface area contributed by atoms with Crippen molar-refractivity contribution in [3.05, 3.63) is 35.5 Å². The number of hydrogen-bond acceptors (Lipinski definition) is 7. The number of hydrogen-bond donors (Lipinski definition) is 2. The van der Waals surface area contributed by atoms with Gasteiger partial charge in [0.2, 0.25) is 0 Å². The summed E-state index contributed by atoms with van der Waals surface area (Å²) in [6.07, 6.45) is 5.81. The summed E-state index contributed by atoms with van der Waals surface area (Å²) >= 11 is 0. The number of carbonyl (C=O) groups is 1. The van der Waals surface area contributed by atoms with Crippen LogP contribution in [0.1, 0.15) is 32.1 Å². The van der Waals surface area contributed by atoms with E-state index in [-0.39, 0.29) is 5.57 Å². The Balaban J connectivity index is 1.61. The van der Waals surface area contributed by atoms with Crippen LogP contribution in [0.4, 0.5) is 11.4 Å². The number of nitriles is 1. The Hall–Kier alpha value is -2.85. The molecule has 1 aliphatic carbocycles. The van der Waals surface area contributed by atoms with Crippen molar-refractivity contribution in [3.63, 3.8) is 0 Å². The summed E-state index contributed by atoms with van der Waals surface area (Å²) in [5, 5.41) is 16.4. The van der Waals surface area contributed by atoms with Crippen molar-refractivity contribution in [2.45, 2.75) is 32.1 Å². The fourth-order valence-corrected chi connectivity index (χ4v) is 4.14. The maximum atomic E-state index is 12.8. The molecule has 7 heteroatoms. The molecule has 1 aromatic carbocycles. The summed E-state index contributed by atoms with van der Waals surface area (Å²) in [6.45, 7) is 3.59. The van der Waals surface area contributed by atoms with Crippen LogP contribution in [0.3, 0.4) is 0 Å². The maximum Gasteiger partial charge on any atom is 0.351 e. The summed E-state index contributed by atoms with van der Waals surface area (Å²) in [7, 11) is 0. The zero-order valence-corrected chi connectivity index (χ0v) is 16.6. The predicted molar refractivity (Wildman–Crippen MR) is 112 cm³/mol. The first-order valence-electron chi connectivity index (χ1n) is 10.5. The van der Waals surface area contributed by atoms with Gasteiger partial charge in [0.15, 0.2) is 11.4 Å². The van der Waals surface area contributed by atoms with Crippen LogP contribution in [0.25, 0.3) is 0 Å². The number of benzene rings is 1. The number of nitrogens with one attached hydrogen (secondary N) is 2. The molecular formula is C22H27N5O2. The molecule has 152 valence electrons. The number of aliphatic imine (C=N–C) groups is 1. The first kappa shape index (κ1) is 19.5. The van der Waals surface area contributed by atoms with E-state index >= 15 is 0 Å². The van der Waals surface area contributed by atoms with Gasteiger partial charge in [0.25, 0.3) is 0 Å². The molecule has 0 unspecified atom stereocenters. The lowest BCUT2D eigenvalue weighted by molar-refractivity contribution is -0.140. The van der Waals surface area contributed by atoms with Crippen molar-refractivity contribution < 1.29 is 9.53 Å². The highest BCUT2D eigenvalue weighted by Crippen LogP contribution is 2.33. The number of fused-ring (bicyclic) bond motifs is 1. The summed E-state index contributed by atoms with van der Waals surface area (Å²) in [5.74, 6) is 0.471. The highest BCUT2D eigenvalue weighted by Gasteiger charge is 2.29. The molecule has 0 aromatic heterocycles. The lowest BCUT2D eigenvalue weighted by Crippen LogP contribution is -2.48. The maximum absolute atomic E-state index is 12.8. The van der Waals surface area contributed by atoms with Gasteiger partial charge in [0.05, 0.1) is 18.0 Å². The number of ether oxygens (including phenoxy) is 1. The smallest absolute Gasteiger partial charge is 0.351 e. The minimum Gasteiger partial charge on any atom is -0.461 e. The Morgan fingerprint density at radius 1 is 1.21 bits per heavy atom. The van der Waals surface area contributed by atoms with E-state index in [2.05, 4.69) is 21.6 Å². The Morgan fingerprint density at radius 2 is 1.97 bits per heavy atom. The third-order valence-corrected chi connectivity index (χ3v) is 5.77. The van der Waals surface area contributed by atoms with E-state index in [1.54, 1.807) is 0 Å². The van der Waals surface area contributed by atoms with Crippen LogP contribution in [0, 0.1) is 17.2 Å². The number of amidine groups is 1. The number of carbonyl (C=O) groups excluding carboxylic acids is 1. The first-order valence-corrected chi connectivity index (χ1v) is 10.5. The van der Waals surface area contributed by atoms with Crippen LogP contribution in [0.15, 0.2) is 40.5 Å². The number of anilines is 1. The average Bonchev–Trinajstić information content (AvgIpc) is 2.79. The highest BCUT2D eigenvalue weighted by molar-refractivity contribution is 6.12. The van der Waals surface area contributed by atoms with Gasteiger partial charge < -0.3 is 20.3 Å². The van der Waals surface area contributed by atoms with Crippen molar-refractivity contribution in [3.8, 4) is 6.07 Å². The van der Waals surface area contributed by atoms with Crippen LogP contribution in [0.2, 0.25) is 0 Å². The molecule has 1 saturated heterocycles. The molecule has 3 aliphatic rings. The Labute approximate surface area is 171 Å². The molecule has 2 fully saturated rings. The number of esters is 1. The van der Waals surface area contributed by atoms with Crippen LogP contribution < -0.4 is 10.6 Å². The van der Waals surface area contributed by atoms with Crippen LogP contribution in [-0.4, -0.2) is 49.5 Å². The van der Waals surface area contributed by atoms with Gasteiger partial charge in [0.1, 0.15) is 11.8 Å². The van der Waals surface area contributed by atoms with Gasteiger partial charge in [-0.05, 0) is 30.9 Å². The van der Waals surface area contributed by atoms with Crippen LogP contribution in [-0.2, 0) is 9.53 Å². The Bertz CT molecular complexity index is 858. The molecule has 1 aromatic rings. The molecule has 0 bridgehead atoms. The molecule has 2 N–H and O–H groups in total. The van der Waals surface area contributed by atoms with E-state index in [0.29, 0.717) is 24.1 Å². The van der Waals surface area contributed by atoms with Gasteiger partial charge >= 0.3 is 5.97 Å². The van der Waals surface area contributed by atoms with Crippen molar-refractivity contribution >= 4 is 23.2 Å². The number of piperazine rings is 1. The van der Waals surface area contributed by atoms with Crippen molar-refractivity contribution in [2.75, 3.05) is 38.1 Å². The fourth-order valence-electron chi connectivity index (χ4n) is 4.14. The largest absolute Gasteiger partial charge is 0.461 e. The zero-order valence-electron chi connectivity index (χ0n) is 16.6. The normalized spacial score (nSPS) is 21.3. The van der Waals surface area contributed by atoms with E-state index in [4.69, 9.17) is 9.73 Å². The third-order valence-electron chi connectivity index (χ3n) is 5.77. The van der Waals surface area contributed by atoms with E-state index < -0.39 is 5.97 Å². The summed E-state index contributed by atoms with van der Waals surface area (Å²) in [6, 6.07) is 9.74. The molecule has 0 atom stereocenters. The average molecular weight is 393 g/mol. The SMILES string of the molecule is N#C/C(C(=O)OCC1CCCCC1)=C1/Nc2ccccc2N=C1N1CCNCC1. The van der Waals surface area contributed by atoms with Gasteiger partial charge in [0, 0.05) is 26.2 Å². The molecule has 0 spiro atoms. The Kier molecular flexibility index (Phi) is 6.11. The second-order valence-electron chi connectivity index (χ2n) is 7.78. The molecule has 1 saturated carbocycles. The van der Waals surface area contributed by atoms with E-state index in [1.165, 1.54) is 19.3 Å². The third kappa shape index (κ3) is 4.43. The molecule has 0 amide bonds. The number of para-hydroxylation sites is 2. The topological polar surface area (TPSA) is 89.8 Å². The minimum absolute atomic E-state index is 0.00686. The molecular weight excluding hydrogens is 366 g/mol. The first-order chi connectivity index (χ1) is 14.3. The van der Waals surface area contributed by atoms with Gasteiger partial charge in [-0.15, -0.1) is 0 Å². The van der Waals surface area contributed by atoms with E-state index in [1.807, 2.05) is 24.3 Å². The Morgan fingerprint density at radius 3 is 2.72 bits per heavy atom. The second kappa shape index (κ2) is 9.10. The van der Waals surface area contributed by atoms with Crippen molar-refractivity contribution in [1.29, 1.82) is 5.26 Å². The van der Waals surface area contributed by atoms with Crippen molar-refractivity contribution in [2.24, 2.45) is 10.9 Å². The summed E-state index contributed by atoms with van der Waals surface area (Å²) in [5.41, 5.74) is 2.03. The van der Waals surface area contributed by atoms with Crippen LogP contribution >= 0.6 is 0 Å². The van der Waals surface area contributed by atoms with Gasteiger partial charge in [-0.2, -0.15) is 5.26 Å². The molecule has 0 radical (unpaired) electrons. The second-order valence-corrected chi connectivity index (χ2v) is 7.78. The van der Waals surface area contributed by atoms with Gasteiger partial charge in [-0.25, -0.2) is 9.79 Å². The lowest BCUT2D eigenvalue weighted by atomic mass is 9.90. The predicted octanol–water partition coefficient (Wildman–Crippen LogP) is 2.95. The number of rotatable bonds is 3. The minimum atomic E-state index is -0.567. The van der Waals surface area contributed by atoms with Crippen LogP contribution in [0.5, 0.6) is 0 Å². The molecule has 4 rings (SSSR count). The zero-order chi connectivity index (χ0) is 20.1. The monoisotopic (exact) mass is 393 g/mol. The molecule has 2 heterocycles. The number of nitrogens with zero attached hydrogens (tertiary/aromatic N) is 3. The van der Waals surface area contributed by atoms with Gasteiger partial charge in [-0.3, -0.25) is 0 Å². The fraction of sp³-hybridized carbons (Fsp3) is 0.500. The molecule has 2 aliphatic heterocycles. The highest BCUT2D eigenvalue weighted by atomic mass is 16.5. The van der Waals surface area contributed by atoms with E-state index in [9.17, 15) is 10.1 Å². The molecule has 29 heavy (non-hydrogen) atoms.